The van der Waals surface area contributed by atoms with E-state index in [1.807, 2.05) is 0 Å². The number of rotatable bonds is 0. The Morgan fingerprint density at radius 2 is 2.00 bits per heavy atom. The maximum Gasteiger partial charge on any atom is 0.154 e. The van der Waals surface area contributed by atoms with Gasteiger partial charge >= 0.3 is 0 Å². The average Bonchev–Trinajstić information content (AvgIpc) is 1.35. The summed E-state index contributed by atoms with van der Waals surface area (Å²) in [4.78, 5) is 0. The molecule has 0 spiro atoms. The van der Waals surface area contributed by atoms with E-state index < -0.39 is 8.77 Å². The predicted octanol–water partition coefficient (Wildman–Crippen LogP) is -0.280. The van der Waals surface area contributed by atoms with Gasteiger partial charge in [-0.05, 0) is 11.2 Å². The molecule has 0 saturated heterocycles. The van der Waals surface area contributed by atoms with Gasteiger partial charge in [0.05, 0.1) is 8.77 Å². The number of thiocyanates is 1. The summed E-state index contributed by atoms with van der Waals surface area (Å²) in [6.45, 7) is 0. The van der Waals surface area contributed by atoms with Crippen molar-refractivity contribution in [2.45, 2.75) is 0 Å². The third-order valence-corrected chi connectivity index (χ3v) is 0.559. The molecule has 0 fully saturated rings. The van der Waals surface area contributed by atoms with Crippen LogP contribution in [0.25, 0.3) is 0 Å². The van der Waals surface area contributed by atoms with Crippen molar-refractivity contribution in [2.75, 3.05) is 0 Å². The molecular weight excluding hydrogens is 136 g/mol. The molecule has 4 nitrogen and oxygen atoms in total. The van der Waals surface area contributed by atoms with Crippen LogP contribution in [0.4, 0.5) is 0 Å². The zero-order chi connectivity index (χ0) is 5.21. The zero-order valence-corrected chi connectivity index (χ0v) is 5.21. The molecular formula is CH4N2O2S2. The number of nitrogens with zero attached hydrogens (tertiary/aromatic N) is 1. The molecule has 0 heterocycles. The van der Waals surface area contributed by atoms with Crippen molar-refractivity contribution in [2.24, 2.45) is 0 Å². The molecule has 0 aliphatic heterocycles. The number of nitriles is 1. The lowest BCUT2D eigenvalue weighted by atomic mass is 11.8. The molecule has 0 radical (unpaired) electrons. The summed E-state index contributed by atoms with van der Waals surface area (Å²) in [5.41, 5.74) is 0. The molecule has 0 saturated carbocycles. The van der Waals surface area contributed by atoms with Gasteiger partial charge in [0.15, 0.2) is 5.40 Å². The summed E-state index contributed by atoms with van der Waals surface area (Å²) in [7, 11) is -3.77. The Kier molecular flexibility index (Phi) is 4.07. The Bertz CT molecular complexity index is 163. The van der Waals surface area contributed by atoms with E-state index in [4.69, 9.17) is 5.26 Å². The molecule has 0 bridgehead atoms. The maximum atomic E-state index is 9.45. The first-order valence-electron chi connectivity index (χ1n) is 0.928. The van der Waals surface area contributed by atoms with Gasteiger partial charge in [-0.25, -0.2) is 0 Å². The fraction of sp³-hybridized carbons (Fsp3) is 0. The van der Waals surface area contributed by atoms with Gasteiger partial charge in [0, 0.05) is 0 Å². The van der Waals surface area contributed by atoms with Crippen LogP contribution in [0.1, 0.15) is 0 Å². The van der Waals surface area contributed by atoms with Crippen molar-refractivity contribution in [3.05, 3.63) is 0 Å². The highest BCUT2D eigenvalue weighted by molar-refractivity contribution is 8.32. The monoisotopic (exact) mass is 140 g/mol. The second kappa shape index (κ2) is 2.87. The maximum absolute atomic E-state index is 9.45. The van der Waals surface area contributed by atoms with Crippen LogP contribution in [0.15, 0.2) is 0 Å². The van der Waals surface area contributed by atoms with E-state index in [1.54, 1.807) is 0 Å². The average molecular weight is 140 g/mol. The summed E-state index contributed by atoms with van der Waals surface area (Å²) in [5.74, 6) is 0. The number of hydrogen-bond donors (Lipinski definition) is 1. The van der Waals surface area contributed by atoms with Crippen molar-refractivity contribution >= 4 is 20.0 Å². The van der Waals surface area contributed by atoms with E-state index in [9.17, 15) is 8.76 Å². The van der Waals surface area contributed by atoms with Gasteiger partial charge in [0.25, 0.3) is 0 Å². The molecule has 0 aliphatic rings. The minimum Gasteiger partial charge on any atom is -0.758 e. The first-order valence-corrected chi connectivity index (χ1v) is 3.34. The Morgan fingerprint density at radius 3 is 2.00 bits per heavy atom. The molecule has 42 valence electrons. The Labute approximate surface area is 46.2 Å². The van der Waals surface area contributed by atoms with Gasteiger partial charge in [-0.15, -0.1) is 0 Å². The lowest BCUT2D eigenvalue weighted by Gasteiger charge is -1.91. The Balaban J connectivity index is 0. The van der Waals surface area contributed by atoms with Crippen LogP contribution in [-0.2, 0) is 20.0 Å². The first kappa shape index (κ1) is 9.91. The van der Waals surface area contributed by atoms with Crippen LogP contribution < -0.4 is 6.15 Å². The molecule has 0 aromatic carbocycles. The molecule has 7 heavy (non-hydrogen) atoms. The van der Waals surface area contributed by atoms with Gasteiger partial charge in [-0.2, -0.15) is 5.26 Å². The van der Waals surface area contributed by atoms with Crippen molar-refractivity contribution in [1.82, 2.24) is 6.15 Å². The highest BCUT2D eigenvalue weighted by atomic mass is 32.8. The molecule has 0 aliphatic carbocycles. The summed E-state index contributed by atoms with van der Waals surface area (Å²) in [6, 6.07) is 0. The fourth-order valence-electron chi connectivity index (χ4n) is 0. The largest absolute Gasteiger partial charge is 0.758 e. The van der Waals surface area contributed by atoms with Crippen LogP contribution >= 0.6 is 0 Å². The normalized spacial score (nSPS) is 15.4. The van der Waals surface area contributed by atoms with Crippen LogP contribution in [0.5, 0.6) is 0 Å². The summed E-state index contributed by atoms with van der Waals surface area (Å²) >= 11 is 3.60. The van der Waals surface area contributed by atoms with Gasteiger partial charge in [0.2, 0.25) is 0 Å². The van der Waals surface area contributed by atoms with E-state index in [0.29, 0.717) is 0 Å². The fourth-order valence-corrected chi connectivity index (χ4v) is 0. The van der Waals surface area contributed by atoms with Crippen molar-refractivity contribution < 1.29 is 8.76 Å². The molecule has 0 aromatic rings. The quantitative estimate of drug-likeness (QED) is 0.467. The first-order chi connectivity index (χ1) is 2.56. The number of quaternary nitrogens is 1. The van der Waals surface area contributed by atoms with Crippen molar-refractivity contribution in [1.29, 1.82) is 5.26 Å². The van der Waals surface area contributed by atoms with E-state index in [1.165, 1.54) is 0 Å². The van der Waals surface area contributed by atoms with Gasteiger partial charge in [0.1, 0.15) is 0 Å². The third-order valence-electron chi connectivity index (χ3n) is 0.112. The number of hydrogen-bond acceptors (Lipinski definition) is 4. The van der Waals surface area contributed by atoms with Crippen LogP contribution in [0.2, 0.25) is 0 Å². The molecule has 6 heteroatoms. The van der Waals surface area contributed by atoms with E-state index >= 15 is 0 Å². The smallest absolute Gasteiger partial charge is 0.154 e. The van der Waals surface area contributed by atoms with Gasteiger partial charge in [-0.1, -0.05) is 0 Å². The second-order valence-corrected chi connectivity index (χ2v) is 2.95. The predicted molar refractivity (Wildman–Crippen MR) is 27.9 cm³/mol. The zero-order valence-electron chi connectivity index (χ0n) is 3.58. The molecule has 1 atom stereocenters. The van der Waals surface area contributed by atoms with Crippen LogP contribution in [0.3, 0.4) is 0 Å². The minimum absolute atomic E-state index is 0. The summed E-state index contributed by atoms with van der Waals surface area (Å²) < 4.78 is 18.9. The molecule has 4 N–H and O–H groups in total. The lowest BCUT2D eigenvalue weighted by molar-refractivity contribution is 0.545. The van der Waals surface area contributed by atoms with E-state index in [0.717, 1.165) is 5.40 Å². The Hall–Kier alpha value is -0.220. The molecule has 0 amide bonds. The van der Waals surface area contributed by atoms with Crippen molar-refractivity contribution in [3.63, 3.8) is 0 Å². The lowest BCUT2D eigenvalue weighted by Crippen LogP contribution is -1.85. The van der Waals surface area contributed by atoms with Gasteiger partial charge < -0.3 is 10.7 Å². The third kappa shape index (κ3) is 10.7. The van der Waals surface area contributed by atoms with Gasteiger partial charge in [-0.3, -0.25) is 4.21 Å². The summed E-state index contributed by atoms with van der Waals surface area (Å²) in [6.07, 6.45) is 0. The Morgan fingerprint density at radius 1 is 1.86 bits per heavy atom. The minimum atomic E-state index is -3.77. The molecule has 0 aromatic heterocycles. The van der Waals surface area contributed by atoms with E-state index in [-0.39, 0.29) is 6.15 Å². The van der Waals surface area contributed by atoms with Crippen LogP contribution in [0, 0.1) is 10.7 Å². The summed E-state index contributed by atoms with van der Waals surface area (Å²) in [5, 5.41) is 8.35. The van der Waals surface area contributed by atoms with Crippen molar-refractivity contribution in [3.8, 4) is 5.40 Å². The topological polar surface area (TPSA) is 100 Å². The standard InChI is InChI=1S/CHNO2S2.H3N/c2-1-6(3,4)5;/h(H,3,4,5);1H3. The second-order valence-electron chi connectivity index (χ2n) is 0.545. The molecule has 1 unspecified atom stereocenters. The van der Waals surface area contributed by atoms with E-state index in [2.05, 4.69) is 11.2 Å². The molecule has 0 rings (SSSR count). The van der Waals surface area contributed by atoms with Crippen LogP contribution in [-0.4, -0.2) is 8.76 Å². The highest BCUT2D eigenvalue weighted by Gasteiger charge is 1.72. The SMILES string of the molecule is N#CS(=O)([O-])=S.[NH4+]. The highest BCUT2D eigenvalue weighted by Crippen LogP contribution is 1.70.